The highest BCUT2D eigenvalue weighted by atomic mass is 16.5. The van der Waals surface area contributed by atoms with Crippen molar-refractivity contribution in [3.8, 4) is 0 Å². The molecule has 0 fully saturated rings. The summed E-state index contributed by atoms with van der Waals surface area (Å²) in [7, 11) is 1.42. The number of hydrogen-bond acceptors (Lipinski definition) is 3. The summed E-state index contributed by atoms with van der Waals surface area (Å²) in [6, 6.07) is 6.34. The van der Waals surface area contributed by atoms with Gasteiger partial charge in [-0.1, -0.05) is 11.6 Å². The molecule has 0 aliphatic heterocycles. The van der Waals surface area contributed by atoms with Crippen LogP contribution in [-0.2, 0) is 16.0 Å². The van der Waals surface area contributed by atoms with E-state index in [9.17, 15) is 4.79 Å². The van der Waals surface area contributed by atoms with E-state index in [-0.39, 0.29) is 5.97 Å². The first-order chi connectivity index (χ1) is 9.01. The summed E-state index contributed by atoms with van der Waals surface area (Å²) < 4.78 is 4.71. The molecule has 0 N–H and O–H groups in total. The quantitative estimate of drug-likeness (QED) is 0.792. The SMILES string of the molecule is COC(=O)CCc1cc(C)nc2c(C)cc(C)cc12. The van der Waals surface area contributed by atoms with Gasteiger partial charge in [0.25, 0.3) is 0 Å². The summed E-state index contributed by atoms with van der Waals surface area (Å²) in [6.07, 6.45) is 1.09. The van der Waals surface area contributed by atoms with Crippen molar-refractivity contribution in [1.82, 2.24) is 4.98 Å². The molecule has 0 saturated carbocycles. The Morgan fingerprint density at radius 3 is 2.63 bits per heavy atom. The summed E-state index contributed by atoms with van der Waals surface area (Å²) in [5.74, 6) is -0.174. The molecule has 1 heterocycles. The number of carbonyl (C=O) groups is 1. The van der Waals surface area contributed by atoms with Crippen LogP contribution in [0.5, 0.6) is 0 Å². The summed E-state index contributed by atoms with van der Waals surface area (Å²) in [6.45, 7) is 6.14. The van der Waals surface area contributed by atoms with Crippen molar-refractivity contribution in [2.24, 2.45) is 0 Å². The van der Waals surface area contributed by atoms with Gasteiger partial charge in [0.15, 0.2) is 0 Å². The monoisotopic (exact) mass is 257 g/mol. The van der Waals surface area contributed by atoms with Gasteiger partial charge in [-0.2, -0.15) is 0 Å². The van der Waals surface area contributed by atoms with Crippen LogP contribution >= 0.6 is 0 Å². The Morgan fingerprint density at radius 1 is 1.21 bits per heavy atom. The molecule has 0 atom stereocenters. The zero-order valence-corrected chi connectivity index (χ0v) is 11.9. The van der Waals surface area contributed by atoms with Crippen molar-refractivity contribution in [3.63, 3.8) is 0 Å². The molecule has 1 aromatic carbocycles. The standard InChI is InChI=1S/C16H19NO2/c1-10-7-11(2)16-14(8-10)13(9-12(3)17-16)5-6-15(18)19-4/h7-9H,5-6H2,1-4H3. The number of nitrogens with zero attached hydrogens (tertiary/aromatic N) is 1. The third-order valence-electron chi connectivity index (χ3n) is 3.29. The van der Waals surface area contributed by atoms with Crippen molar-refractivity contribution in [2.75, 3.05) is 7.11 Å². The number of methoxy groups -OCH3 is 1. The molecule has 19 heavy (non-hydrogen) atoms. The van der Waals surface area contributed by atoms with E-state index in [1.807, 2.05) is 6.92 Å². The number of pyridine rings is 1. The minimum atomic E-state index is -0.174. The van der Waals surface area contributed by atoms with Gasteiger partial charge in [0.2, 0.25) is 0 Å². The molecule has 100 valence electrons. The van der Waals surface area contributed by atoms with Crippen LogP contribution in [0.3, 0.4) is 0 Å². The van der Waals surface area contributed by atoms with Gasteiger partial charge >= 0.3 is 5.97 Å². The number of rotatable bonds is 3. The van der Waals surface area contributed by atoms with Crippen molar-refractivity contribution >= 4 is 16.9 Å². The third-order valence-corrected chi connectivity index (χ3v) is 3.29. The van der Waals surface area contributed by atoms with Gasteiger partial charge in [-0.05, 0) is 50.5 Å². The van der Waals surface area contributed by atoms with E-state index in [4.69, 9.17) is 4.74 Å². The van der Waals surface area contributed by atoms with E-state index < -0.39 is 0 Å². The Labute approximate surface area is 113 Å². The van der Waals surface area contributed by atoms with Crippen LogP contribution in [0.25, 0.3) is 10.9 Å². The van der Waals surface area contributed by atoms with Gasteiger partial charge in [0.1, 0.15) is 0 Å². The molecule has 2 rings (SSSR count). The first kappa shape index (κ1) is 13.5. The Balaban J connectivity index is 2.50. The topological polar surface area (TPSA) is 39.2 Å². The lowest BCUT2D eigenvalue weighted by atomic mass is 9.99. The highest BCUT2D eigenvalue weighted by Gasteiger charge is 2.09. The van der Waals surface area contributed by atoms with Gasteiger partial charge in [0.05, 0.1) is 12.6 Å². The molecule has 0 aliphatic rings. The van der Waals surface area contributed by atoms with Crippen LogP contribution in [0.15, 0.2) is 18.2 Å². The van der Waals surface area contributed by atoms with Crippen LogP contribution in [0.4, 0.5) is 0 Å². The Hall–Kier alpha value is -1.90. The number of aromatic nitrogens is 1. The molecule has 0 spiro atoms. The second kappa shape index (κ2) is 5.39. The fraction of sp³-hybridized carbons (Fsp3) is 0.375. The molecule has 0 amide bonds. The minimum Gasteiger partial charge on any atom is -0.469 e. The second-order valence-electron chi connectivity index (χ2n) is 4.98. The van der Waals surface area contributed by atoms with E-state index in [2.05, 4.69) is 37.0 Å². The lowest BCUT2D eigenvalue weighted by Crippen LogP contribution is -2.03. The number of ether oxygens (including phenoxy) is 1. The molecule has 2 aromatic rings. The molecule has 3 nitrogen and oxygen atoms in total. The maximum atomic E-state index is 11.3. The first-order valence-corrected chi connectivity index (χ1v) is 6.45. The van der Waals surface area contributed by atoms with E-state index in [1.165, 1.54) is 23.8 Å². The zero-order valence-electron chi connectivity index (χ0n) is 11.9. The molecule has 0 saturated heterocycles. The average molecular weight is 257 g/mol. The Kier molecular flexibility index (Phi) is 3.84. The molecule has 1 aromatic heterocycles. The van der Waals surface area contributed by atoms with Crippen molar-refractivity contribution < 1.29 is 9.53 Å². The lowest BCUT2D eigenvalue weighted by molar-refractivity contribution is -0.140. The smallest absolute Gasteiger partial charge is 0.305 e. The number of fused-ring (bicyclic) bond motifs is 1. The Bertz CT molecular complexity index is 632. The van der Waals surface area contributed by atoms with Gasteiger partial charge in [0, 0.05) is 17.5 Å². The molecule has 3 heteroatoms. The zero-order chi connectivity index (χ0) is 14.0. The number of esters is 1. The molecular weight excluding hydrogens is 238 g/mol. The average Bonchev–Trinajstić information content (AvgIpc) is 2.36. The van der Waals surface area contributed by atoms with Crippen molar-refractivity contribution in [1.29, 1.82) is 0 Å². The third kappa shape index (κ3) is 2.92. The van der Waals surface area contributed by atoms with Crippen molar-refractivity contribution in [2.45, 2.75) is 33.6 Å². The maximum absolute atomic E-state index is 11.3. The van der Waals surface area contributed by atoms with Crippen LogP contribution in [0, 0.1) is 20.8 Å². The van der Waals surface area contributed by atoms with E-state index in [0.29, 0.717) is 12.8 Å². The fourth-order valence-corrected chi connectivity index (χ4v) is 2.44. The summed E-state index contributed by atoms with van der Waals surface area (Å²) in [4.78, 5) is 15.9. The van der Waals surface area contributed by atoms with Crippen molar-refractivity contribution in [3.05, 3.63) is 40.6 Å². The number of carbonyl (C=O) groups excluding carboxylic acids is 1. The molecule has 0 unspecified atom stereocenters. The highest BCUT2D eigenvalue weighted by molar-refractivity contribution is 5.86. The van der Waals surface area contributed by atoms with Gasteiger partial charge < -0.3 is 4.74 Å². The van der Waals surface area contributed by atoms with Crippen LogP contribution < -0.4 is 0 Å². The lowest BCUT2D eigenvalue weighted by Gasteiger charge is -2.10. The number of benzene rings is 1. The minimum absolute atomic E-state index is 0.174. The normalized spacial score (nSPS) is 10.7. The molecule has 0 radical (unpaired) electrons. The largest absolute Gasteiger partial charge is 0.469 e. The van der Waals surface area contributed by atoms with Gasteiger partial charge in [-0.25, -0.2) is 0 Å². The summed E-state index contributed by atoms with van der Waals surface area (Å²) in [5, 5.41) is 1.15. The van der Waals surface area contributed by atoms with E-state index >= 15 is 0 Å². The molecular formula is C16H19NO2. The second-order valence-corrected chi connectivity index (χ2v) is 4.98. The molecule has 0 aliphatic carbocycles. The first-order valence-electron chi connectivity index (χ1n) is 6.45. The molecule has 0 bridgehead atoms. The summed E-state index contributed by atoms with van der Waals surface area (Å²) >= 11 is 0. The van der Waals surface area contributed by atoms with Crippen LogP contribution in [0.2, 0.25) is 0 Å². The highest BCUT2D eigenvalue weighted by Crippen LogP contribution is 2.24. The van der Waals surface area contributed by atoms with E-state index in [0.717, 1.165) is 16.6 Å². The number of aryl methyl sites for hydroxylation is 4. The van der Waals surface area contributed by atoms with Crippen LogP contribution in [0.1, 0.15) is 28.8 Å². The predicted molar refractivity (Wildman–Crippen MR) is 76.3 cm³/mol. The van der Waals surface area contributed by atoms with E-state index in [1.54, 1.807) is 0 Å². The maximum Gasteiger partial charge on any atom is 0.305 e. The predicted octanol–water partition coefficient (Wildman–Crippen LogP) is 3.27. The fourth-order valence-electron chi connectivity index (χ4n) is 2.44. The van der Waals surface area contributed by atoms with Gasteiger partial charge in [-0.3, -0.25) is 9.78 Å². The summed E-state index contributed by atoms with van der Waals surface area (Å²) in [5.41, 5.74) is 5.58. The van der Waals surface area contributed by atoms with Crippen LogP contribution in [-0.4, -0.2) is 18.1 Å². The van der Waals surface area contributed by atoms with Gasteiger partial charge in [-0.15, -0.1) is 0 Å². The number of hydrogen-bond donors (Lipinski definition) is 0. The Morgan fingerprint density at radius 2 is 1.95 bits per heavy atom.